The molecule has 0 fully saturated rings. The summed E-state index contributed by atoms with van der Waals surface area (Å²) < 4.78 is 3.26. The Morgan fingerprint density at radius 1 is 0.897 bits per heavy atom. The van der Waals surface area contributed by atoms with E-state index >= 15 is 0 Å². The molecule has 0 spiro atoms. The highest BCUT2D eigenvalue weighted by molar-refractivity contribution is 5.94. The largest absolute Gasteiger partial charge is 0.331 e. The van der Waals surface area contributed by atoms with Crippen molar-refractivity contribution in [3.8, 4) is 11.3 Å². The lowest BCUT2D eigenvalue weighted by molar-refractivity contribution is 0.613. The van der Waals surface area contributed by atoms with Crippen LogP contribution < -0.4 is 5.69 Å². The van der Waals surface area contributed by atoms with Crippen molar-refractivity contribution >= 4 is 22.2 Å². The number of benzene rings is 2. The van der Waals surface area contributed by atoms with Crippen LogP contribution in [-0.2, 0) is 7.05 Å². The topological polar surface area (TPSA) is 65.6 Å². The first-order valence-corrected chi connectivity index (χ1v) is 9.48. The Balaban J connectivity index is 1.76. The van der Waals surface area contributed by atoms with E-state index in [1.54, 1.807) is 28.6 Å². The van der Waals surface area contributed by atoms with Crippen molar-refractivity contribution < 1.29 is 0 Å². The zero-order chi connectivity index (χ0) is 20.0. The molecule has 1 atom stereocenters. The van der Waals surface area contributed by atoms with E-state index in [1.165, 1.54) is 0 Å². The zero-order valence-electron chi connectivity index (χ0n) is 16.1. The van der Waals surface area contributed by atoms with Crippen molar-refractivity contribution in [1.82, 2.24) is 24.1 Å². The molecule has 0 bridgehead atoms. The van der Waals surface area contributed by atoms with Gasteiger partial charge in [-0.15, -0.1) is 0 Å². The van der Waals surface area contributed by atoms with E-state index in [2.05, 4.69) is 9.97 Å². The third-order valence-electron chi connectivity index (χ3n) is 5.37. The summed E-state index contributed by atoms with van der Waals surface area (Å²) in [6, 6.07) is 19.7. The molecule has 0 aliphatic carbocycles. The molecule has 0 N–H and O–H groups in total. The molecule has 3 aromatic heterocycles. The highest BCUT2D eigenvalue weighted by atomic mass is 16.1. The smallest absolute Gasteiger partial charge is 0.278 e. The molecule has 0 saturated carbocycles. The number of hydrogen-bond donors (Lipinski definition) is 0. The SMILES string of the molecule is CC(c1ccccc1)n1c(=O)n(C)c2ncc(-c3cccc4ncccc34)nc21. The number of aromatic nitrogens is 5. The van der Waals surface area contributed by atoms with Crippen LogP contribution in [0.15, 0.2) is 77.9 Å². The van der Waals surface area contributed by atoms with Gasteiger partial charge in [0.25, 0.3) is 0 Å². The summed E-state index contributed by atoms with van der Waals surface area (Å²) >= 11 is 0. The highest BCUT2D eigenvalue weighted by Gasteiger charge is 2.20. The molecule has 1 unspecified atom stereocenters. The van der Waals surface area contributed by atoms with Gasteiger partial charge >= 0.3 is 5.69 Å². The van der Waals surface area contributed by atoms with Gasteiger partial charge in [0.15, 0.2) is 11.3 Å². The van der Waals surface area contributed by atoms with Gasteiger partial charge in [-0.25, -0.2) is 14.8 Å². The molecule has 0 saturated heterocycles. The fourth-order valence-corrected chi connectivity index (χ4v) is 3.80. The van der Waals surface area contributed by atoms with Crippen molar-refractivity contribution in [3.63, 3.8) is 0 Å². The summed E-state index contributed by atoms with van der Waals surface area (Å²) in [6.45, 7) is 2.01. The number of aryl methyl sites for hydroxylation is 1. The first kappa shape index (κ1) is 17.3. The molecule has 29 heavy (non-hydrogen) atoms. The normalized spacial score (nSPS) is 12.5. The van der Waals surface area contributed by atoms with Crippen LogP contribution in [0.1, 0.15) is 18.5 Å². The summed E-state index contributed by atoms with van der Waals surface area (Å²) in [5.74, 6) is 0. The van der Waals surface area contributed by atoms with E-state index in [9.17, 15) is 4.79 Å². The van der Waals surface area contributed by atoms with E-state index in [1.807, 2.05) is 67.6 Å². The van der Waals surface area contributed by atoms with E-state index in [0.717, 1.165) is 27.7 Å². The van der Waals surface area contributed by atoms with Crippen molar-refractivity contribution in [3.05, 3.63) is 89.1 Å². The van der Waals surface area contributed by atoms with E-state index < -0.39 is 0 Å². The summed E-state index contributed by atoms with van der Waals surface area (Å²) in [7, 11) is 1.73. The highest BCUT2D eigenvalue weighted by Crippen LogP contribution is 2.27. The molecule has 6 nitrogen and oxygen atoms in total. The van der Waals surface area contributed by atoms with Gasteiger partial charge in [-0.1, -0.05) is 48.5 Å². The minimum Gasteiger partial charge on any atom is -0.278 e. The third-order valence-corrected chi connectivity index (χ3v) is 5.37. The first-order chi connectivity index (χ1) is 14.1. The van der Waals surface area contributed by atoms with Crippen molar-refractivity contribution in [2.45, 2.75) is 13.0 Å². The molecule has 0 radical (unpaired) electrons. The van der Waals surface area contributed by atoms with Crippen LogP contribution >= 0.6 is 0 Å². The lowest BCUT2D eigenvalue weighted by atomic mass is 10.1. The zero-order valence-corrected chi connectivity index (χ0v) is 16.1. The molecule has 3 heterocycles. The number of fused-ring (bicyclic) bond motifs is 2. The lowest BCUT2D eigenvalue weighted by Gasteiger charge is -2.13. The Hall–Kier alpha value is -3.80. The van der Waals surface area contributed by atoms with Crippen LogP contribution in [0.3, 0.4) is 0 Å². The predicted molar refractivity (Wildman–Crippen MR) is 114 cm³/mol. The summed E-state index contributed by atoms with van der Waals surface area (Å²) in [4.78, 5) is 26.9. The summed E-state index contributed by atoms with van der Waals surface area (Å²) in [6.07, 6.45) is 3.50. The molecule has 0 aliphatic rings. The molecule has 0 amide bonds. The van der Waals surface area contributed by atoms with Gasteiger partial charge in [0, 0.05) is 24.2 Å². The third kappa shape index (κ3) is 2.72. The van der Waals surface area contributed by atoms with Gasteiger partial charge in [-0.2, -0.15) is 0 Å². The van der Waals surface area contributed by atoms with Crippen LogP contribution in [0.2, 0.25) is 0 Å². The fraction of sp³-hybridized carbons (Fsp3) is 0.130. The molecule has 2 aromatic carbocycles. The maximum Gasteiger partial charge on any atom is 0.331 e. The van der Waals surface area contributed by atoms with E-state index in [-0.39, 0.29) is 11.7 Å². The van der Waals surface area contributed by atoms with Crippen LogP contribution in [0.4, 0.5) is 0 Å². The van der Waals surface area contributed by atoms with Gasteiger partial charge in [0.05, 0.1) is 23.4 Å². The number of hydrogen-bond acceptors (Lipinski definition) is 4. The fourth-order valence-electron chi connectivity index (χ4n) is 3.80. The van der Waals surface area contributed by atoms with Gasteiger partial charge < -0.3 is 0 Å². The first-order valence-electron chi connectivity index (χ1n) is 9.48. The second-order valence-electron chi connectivity index (χ2n) is 7.08. The van der Waals surface area contributed by atoms with Gasteiger partial charge in [-0.05, 0) is 24.6 Å². The molecule has 0 aliphatic heterocycles. The van der Waals surface area contributed by atoms with E-state index in [4.69, 9.17) is 4.98 Å². The average Bonchev–Trinajstić information content (AvgIpc) is 3.03. The minimum absolute atomic E-state index is 0.131. The standard InChI is InChI=1S/C23H19N5O/c1-15(16-8-4-3-5-9-16)28-22-21(27(2)23(28)29)25-14-20(26-22)18-10-6-12-19-17(18)11-7-13-24-19/h3-15H,1-2H3. The lowest BCUT2D eigenvalue weighted by Crippen LogP contribution is -2.25. The van der Waals surface area contributed by atoms with E-state index in [0.29, 0.717) is 11.3 Å². The Kier molecular flexibility index (Phi) is 3.98. The van der Waals surface area contributed by atoms with Crippen LogP contribution in [0.5, 0.6) is 0 Å². The van der Waals surface area contributed by atoms with Crippen LogP contribution in [0, 0.1) is 0 Å². The van der Waals surface area contributed by atoms with Crippen molar-refractivity contribution in [1.29, 1.82) is 0 Å². The average molecular weight is 381 g/mol. The van der Waals surface area contributed by atoms with Crippen molar-refractivity contribution in [2.75, 3.05) is 0 Å². The second kappa shape index (κ2) is 6.67. The molecule has 5 rings (SSSR count). The Bertz CT molecular complexity index is 1400. The van der Waals surface area contributed by atoms with Gasteiger partial charge in [0.2, 0.25) is 0 Å². The minimum atomic E-state index is -0.161. The maximum absolute atomic E-state index is 13.0. The van der Waals surface area contributed by atoms with Gasteiger partial charge in [0.1, 0.15) is 0 Å². The monoisotopic (exact) mass is 381 g/mol. The quantitative estimate of drug-likeness (QED) is 0.475. The summed E-state index contributed by atoms with van der Waals surface area (Å²) in [5, 5.41) is 1.00. The predicted octanol–water partition coefficient (Wildman–Crippen LogP) is 3.95. The van der Waals surface area contributed by atoms with Crippen LogP contribution in [-0.4, -0.2) is 24.1 Å². The Labute approximate surface area is 167 Å². The molecule has 6 heteroatoms. The summed E-state index contributed by atoms with van der Waals surface area (Å²) in [5.41, 5.74) is 4.62. The Morgan fingerprint density at radius 2 is 1.72 bits per heavy atom. The second-order valence-corrected chi connectivity index (χ2v) is 7.08. The number of nitrogens with zero attached hydrogens (tertiary/aromatic N) is 5. The molecular formula is C23H19N5O. The maximum atomic E-state index is 13.0. The Morgan fingerprint density at radius 3 is 2.55 bits per heavy atom. The molecule has 5 aromatic rings. The van der Waals surface area contributed by atoms with Crippen LogP contribution in [0.25, 0.3) is 33.5 Å². The number of pyridine rings is 1. The number of imidazole rings is 1. The molecular weight excluding hydrogens is 362 g/mol. The number of rotatable bonds is 3. The molecule has 142 valence electrons. The van der Waals surface area contributed by atoms with Crippen molar-refractivity contribution in [2.24, 2.45) is 7.05 Å². The van der Waals surface area contributed by atoms with Gasteiger partial charge in [-0.3, -0.25) is 14.1 Å².